The monoisotopic (exact) mass is 269 g/mol. The van der Waals surface area contributed by atoms with E-state index in [-0.39, 0.29) is 18.6 Å². The maximum absolute atomic E-state index is 11.7. The molecule has 0 bridgehead atoms. The van der Waals surface area contributed by atoms with Crippen LogP contribution in [0, 0.1) is 0 Å². The summed E-state index contributed by atoms with van der Waals surface area (Å²) in [6.07, 6.45) is 0.478. The van der Waals surface area contributed by atoms with Gasteiger partial charge in [-0.25, -0.2) is 0 Å². The van der Waals surface area contributed by atoms with Crippen molar-refractivity contribution in [2.24, 2.45) is 0 Å². The first-order valence-corrected chi connectivity index (χ1v) is 6.38. The van der Waals surface area contributed by atoms with E-state index in [1.807, 2.05) is 0 Å². The Labute approximate surface area is 111 Å². The van der Waals surface area contributed by atoms with E-state index in [1.165, 1.54) is 0 Å². The van der Waals surface area contributed by atoms with Crippen LogP contribution in [0.3, 0.4) is 0 Å². The Bertz CT molecular complexity index is 418. The molecule has 0 aromatic heterocycles. The molecule has 2 unspecified atom stereocenters. The molecule has 4 nitrogen and oxygen atoms in total. The summed E-state index contributed by atoms with van der Waals surface area (Å²) in [5.74, 6) is -0.168. The van der Waals surface area contributed by atoms with Crippen molar-refractivity contribution in [1.29, 1.82) is 0 Å². The fourth-order valence-electron chi connectivity index (χ4n) is 1.95. The minimum Gasteiger partial charge on any atom is -0.387 e. The molecule has 5 heteroatoms. The summed E-state index contributed by atoms with van der Waals surface area (Å²) in [5, 5.41) is 13.1. The molecule has 0 aliphatic carbocycles. The van der Waals surface area contributed by atoms with Crippen molar-refractivity contribution in [3.05, 3.63) is 34.9 Å². The van der Waals surface area contributed by atoms with Gasteiger partial charge in [0.1, 0.15) is 6.10 Å². The van der Waals surface area contributed by atoms with E-state index in [9.17, 15) is 9.90 Å². The standard InChI is InChI=1S/C13H16ClNO3/c14-10-5-2-1-4-9(10)11(16)8-15-13(17)12-6-3-7-18-12/h1-2,4-5,11-12,16H,3,6-8H2,(H,15,17). The Morgan fingerprint density at radius 1 is 1.56 bits per heavy atom. The fourth-order valence-corrected chi connectivity index (χ4v) is 2.21. The highest BCUT2D eigenvalue weighted by molar-refractivity contribution is 6.31. The lowest BCUT2D eigenvalue weighted by Crippen LogP contribution is -2.36. The first-order chi connectivity index (χ1) is 8.68. The molecule has 2 N–H and O–H groups in total. The summed E-state index contributed by atoms with van der Waals surface area (Å²) >= 11 is 5.96. The number of hydrogen-bond donors (Lipinski definition) is 2. The number of benzene rings is 1. The molecule has 1 aromatic carbocycles. The zero-order chi connectivity index (χ0) is 13.0. The van der Waals surface area contributed by atoms with Gasteiger partial charge in [-0.1, -0.05) is 29.8 Å². The van der Waals surface area contributed by atoms with E-state index in [0.717, 1.165) is 12.8 Å². The van der Waals surface area contributed by atoms with Gasteiger partial charge in [0.05, 0.1) is 6.10 Å². The van der Waals surface area contributed by atoms with Crippen LogP contribution in [0.15, 0.2) is 24.3 Å². The van der Waals surface area contributed by atoms with E-state index >= 15 is 0 Å². The number of nitrogens with one attached hydrogen (secondary N) is 1. The zero-order valence-corrected chi connectivity index (χ0v) is 10.7. The predicted octanol–water partition coefficient (Wildman–Crippen LogP) is 1.67. The highest BCUT2D eigenvalue weighted by atomic mass is 35.5. The first-order valence-electron chi connectivity index (χ1n) is 6.00. The number of carbonyl (C=O) groups is 1. The molecule has 2 rings (SSSR count). The quantitative estimate of drug-likeness (QED) is 0.874. The van der Waals surface area contributed by atoms with Crippen LogP contribution in [0.4, 0.5) is 0 Å². The number of halogens is 1. The van der Waals surface area contributed by atoms with E-state index in [0.29, 0.717) is 17.2 Å². The molecule has 1 amide bonds. The lowest BCUT2D eigenvalue weighted by atomic mass is 10.1. The van der Waals surface area contributed by atoms with Gasteiger partial charge in [-0.15, -0.1) is 0 Å². The molecule has 1 aliphatic heterocycles. The van der Waals surface area contributed by atoms with Crippen LogP contribution in [0.5, 0.6) is 0 Å². The van der Waals surface area contributed by atoms with Gasteiger partial charge in [-0.2, -0.15) is 0 Å². The molecule has 0 saturated carbocycles. The Morgan fingerprint density at radius 2 is 2.33 bits per heavy atom. The molecule has 0 radical (unpaired) electrons. The molecule has 1 saturated heterocycles. The Balaban J connectivity index is 1.86. The summed E-state index contributed by atoms with van der Waals surface area (Å²) in [4.78, 5) is 11.7. The van der Waals surface area contributed by atoms with Gasteiger partial charge in [0.2, 0.25) is 5.91 Å². The zero-order valence-electron chi connectivity index (χ0n) is 9.93. The number of carbonyl (C=O) groups excluding carboxylic acids is 1. The van der Waals surface area contributed by atoms with E-state index in [1.54, 1.807) is 24.3 Å². The van der Waals surface area contributed by atoms with Gasteiger partial charge < -0.3 is 15.2 Å². The second-order valence-electron chi connectivity index (χ2n) is 4.28. The molecule has 18 heavy (non-hydrogen) atoms. The first kappa shape index (κ1) is 13.3. The topological polar surface area (TPSA) is 58.6 Å². The van der Waals surface area contributed by atoms with Crippen molar-refractivity contribution in [3.8, 4) is 0 Å². The summed E-state index contributed by atoms with van der Waals surface area (Å²) in [6, 6.07) is 7.04. The Morgan fingerprint density at radius 3 is 3.00 bits per heavy atom. The molecule has 1 aromatic rings. The van der Waals surface area contributed by atoms with Crippen LogP contribution < -0.4 is 5.32 Å². The lowest BCUT2D eigenvalue weighted by Gasteiger charge is -2.15. The normalized spacial score (nSPS) is 20.7. The van der Waals surface area contributed by atoms with E-state index in [4.69, 9.17) is 16.3 Å². The van der Waals surface area contributed by atoms with Crippen molar-refractivity contribution in [2.45, 2.75) is 25.0 Å². The van der Waals surface area contributed by atoms with Crippen molar-refractivity contribution in [3.63, 3.8) is 0 Å². The second kappa shape index (κ2) is 6.18. The fraction of sp³-hybridized carbons (Fsp3) is 0.462. The molecule has 2 atom stereocenters. The molecule has 1 aliphatic rings. The number of amides is 1. The maximum Gasteiger partial charge on any atom is 0.249 e. The molecule has 98 valence electrons. The van der Waals surface area contributed by atoms with Gasteiger partial charge in [0.25, 0.3) is 0 Å². The maximum atomic E-state index is 11.7. The summed E-state index contributed by atoms with van der Waals surface area (Å²) in [7, 11) is 0. The SMILES string of the molecule is O=C(NCC(O)c1ccccc1Cl)C1CCCO1. The van der Waals surface area contributed by atoms with Crippen molar-refractivity contribution < 1.29 is 14.6 Å². The smallest absolute Gasteiger partial charge is 0.249 e. The molecule has 1 fully saturated rings. The van der Waals surface area contributed by atoms with Crippen LogP contribution in [0.2, 0.25) is 5.02 Å². The Hall–Kier alpha value is -1.10. The van der Waals surface area contributed by atoms with Crippen LogP contribution in [-0.2, 0) is 9.53 Å². The largest absolute Gasteiger partial charge is 0.387 e. The minimum atomic E-state index is -0.802. The Kier molecular flexibility index (Phi) is 4.58. The van der Waals surface area contributed by atoms with E-state index in [2.05, 4.69) is 5.32 Å². The minimum absolute atomic E-state index is 0.141. The van der Waals surface area contributed by atoms with Crippen LogP contribution in [-0.4, -0.2) is 30.3 Å². The van der Waals surface area contributed by atoms with Gasteiger partial charge >= 0.3 is 0 Å². The molecular formula is C13H16ClNO3. The number of ether oxygens (including phenoxy) is 1. The third-order valence-electron chi connectivity index (χ3n) is 2.96. The number of aliphatic hydroxyl groups excluding tert-OH is 1. The van der Waals surface area contributed by atoms with Crippen LogP contribution >= 0.6 is 11.6 Å². The summed E-state index contributed by atoms with van der Waals surface area (Å²) in [6.45, 7) is 0.771. The van der Waals surface area contributed by atoms with Crippen LogP contribution in [0.1, 0.15) is 24.5 Å². The van der Waals surface area contributed by atoms with Gasteiger partial charge in [-0.05, 0) is 18.9 Å². The average molecular weight is 270 g/mol. The van der Waals surface area contributed by atoms with Crippen molar-refractivity contribution in [2.75, 3.05) is 13.2 Å². The van der Waals surface area contributed by atoms with Gasteiger partial charge in [-0.3, -0.25) is 4.79 Å². The number of hydrogen-bond acceptors (Lipinski definition) is 3. The predicted molar refractivity (Wildman–Crippen MR) is 68.4 cm³/mol. The highest BCUT2D eigenvalue weighted by Gasteiger charge is 2.24. The highest BCUT2D eigenvalue weighted by Crippen LogP contribution is 2.22. The van der Waals surface area contributed by atoms with E-state index < -0.39 is 6.10 Å². The van der Waals surface area contributed by atoms with Crippen molar-refractivity contribution >= 4 is 17.5 Å². The van der Waals surface area contributed by atoms with Gasteiger partial charge in [0.15, 0.2) is 0 Å². The van der Waals surface area contributed by atoms with Crippen LogP contribution in [0.25, 0.3) is 0 Å². The average Bonchev–Trinajstić information content (AvgIpc) is 2.90. The van der Waals surface area contributed by atoms with Crippen molar-refractivity contribution in [1.82, 2.24) is 5.32 Å². The van der Waals surface area contributed by atoms with Gasteiger partial charge in [0, 0.05) is 23.7 Å². The molecular weight excluding hydrogens is 254 g/mol. The lowest BCUT2D eigenvalue weighted by molar-refractivity contribution is -0.130. The third kappa shape index (κ3) is 3.22. The molecule has 0 spiro atoms. The molecule has 1 heterocycles. The second-order valence-corrected chi connectivity index (χ2v) is 4.69. The summed E-state index contributed by atoms with van der Waals surface area (Å²) in [5.41, 5.74) is 0.617. The number of rotatable bonds is 4. The number of aliphatic hydroxyl groups is 1. The summed E-state index contributed by atoms with van der Waals surface area (Å²) < 4.78 is 5.26. The third-order valence-corrected chi connectivity index (χ3v) is 3.30.